The molecule has 0 bridgehead atoms. The summed E-state index contributed by atoms with van der Waals surface area (Å²) in [7, 11) is 0. The fraction of sp³-hybridized carbons (Fsp3) is 0.533. The molecule has 18 heavy (non-hydrogen) atoms. The van der Waals surface area contributed by atoms with E-state index in [4.69, 9.17) is 5.11 Å². The van der Waals surface area contributed by atoms with E-state index in [1.54, 1.807) is 6.92 Å². The quantitative estimate of drug-likeness (QED) is 0.554. The molecule has 3 nitrogen and oxygen atoms in total. The number of carbonyl (C=O) groups excluding carboxylic acids is 1. The predicted octanol–water partition coefficient (Wildman–Crippen LogP) is 2.52. The Morgan fingerprint density at radius 1 is 1.44 bits per heavy atom. The van der Waals surface area contributed by atoms with Gasteiger partial charge in [0, 0.05) is 17.6 Å². The van der Waals surface area contributed by atoms with Crippen LogP contribution in [0.4, 0.5) is 0 Å². The van der Waals surface area contributed by atoms with Gasteiger partial charge in [0.1, 0.15) is 5.60 Å². The lowest BCUT2D eigenvalue weighted by Crippen LogP contribution is -2.25. The molecule has 1 rings (SSSR count). The Hall–Kier alpha value is -1.53. The number of aliphatic hydroxyl groups excluding tert-OH is 1. The first-order valence-electron chi connectivity index (χ1n) is 6.02. The normalized spacial score (nSPS) is 22.6. The van der Waals surface area contributed by atoms with Gasteiger partial charge in [-0.1, -0.05) is 25.7 Å². The maximum Gasteiger partial charge on any atom is 0.159 e. The molecular weight excluding hydrogens is 228 g/mol. The summed E-state index contributed by atoms with van der Waals surface area (Å²) in [6.45, 7) is 7.36. The zero-order valence-corrected chi connectivity index (χ0v) is 11.4. The SMILES string of the molecule is CC1=C(C#CC(C)(O)C=CO)C(C)(C)CCC1=O. The Balaban J connectivity index is 3.19. The van der Waals surface area contributed by atoms with Crippen LogP contribution < -0.4 is 0 Å². The average Bonchev–Trinajstić information content (AvgIpc) is 2.23. The van der Waals surface area contributed by atoms with Crippen LogP contribution in [0.2, 0.25) is 0 Å². The smallest absolute Gasteiger partial charge is 0.159 e. The molecule has 1 atom stereocenters. The zero-order chi connectivity index (χ0) is 14.0. The Labute approximate surface area is 108 Å². The number of rotatable bonds is 1. The summed E-state index contributed by atoms with van der Waals surface area (Å²) < 4.78 is 0. The van der Waals surface area contributed by atoms with E-state index >= 15 is 0 Å². The number of ketones is 1. The standard InChI is InChI=1S/C15H20O3/c1-11-12(5-8-15(4,18)9-10-16)14(2,3)7-6-13(11)17/h9-10,16,18H,6-7H2,1-4H3. The highest BCUT2D eigenvalue weighted by Crippen LogP contribution is 2.38. The predicted molar refractivity (Wildman–Crippen MR) is 70.9 cm³/mol. The molecule has 1 aliphatic rings. The summed E-state index contributed by atoms with van der Waals surface area (Å²) in [5.74, 6) is 5.72. The summed E-state index contributed by atoms with van der Waals surface area (Å²) in [4.78, 5) is 11.7. The third kappa shape index (κ3) is 3.24. The zero-order valence-electron chi connectivity index (χ0n) is 11.4. The summed E-state index contributed by atoms with van der Waals surface area (Å²) in [5.41, 5.74) is -0.0734. The molecule has 0 aromatic heterocycles. The number of allylic oxidation sites excluding steroid dienone is 2. The van der Waals surface area contributed by atoms with Gasteiger partial charge >= 0.3 is 0 Å². The van der Waals surface area contributed by atoms with Gasteiger partial charge in [0.15, 0.2) is 5.78 Å². The van der Waals surface area contributed by atoms with E-state index in [0.717, 1.165) is 18.3 Å². The van der Waals surface area contributed by atoms with Crippen molar-refractivity contribution in [2.45, 2.75) is 46.1 Å². The molecule has 0 aliphatic heterocycles. The van der Waals surface area contributed by atoms with Crippen molar-refractivity contribution in [3.8, 4) is 11.8 Å². The van der Waals surface area contributed by atoms with Crippen molar-refractivity contribution in [3.05, 3.63) is 23.5 Å². The van der Waals surface area contributed by atoms with E-state index in [0.29, 0.717) is 12.0 Å². The molecule has 0 spiro atoms. The van der Waals surface area contributed by atoms with Crippen molar-refractivity contribution in [2.24, 2.45) is 5.41 Å². The molecular formula is C15H20O3. The molecule has 0 fully saturated rings. The molecule has 0 saturated carbocycles. The molecule has 2 N–H and O–H groups in total. The number of aliphatic hydroxyl groups is 2. The summed E-state index contributed by atoms with van der Waals surface area (Å²) in [6.07, 6.45) is 3.29. The van der Waals surface area contributed by atoms with Crippen LogP contribution in [-0.2, 0) is 4.79 Å². The topological polar surface area (TPSA) is 57.5 Å². The minimum absolute atomic E-state index is 0.121. The maximum atomic E-state index is 11.7. The summed E-state index contributed by atoms with van der Waals surface area (Å²) in [6, 6.07) is 0. The van der Waals surface area contributed by atoms with Crippen LogP contribution in [0.15, 0.2) is 23.5 Å². The van der Waals surface area contributed by atoms with Gasteiger partial charge in [-0.3, -0.25) is 4.79 Å². The van der Waals surface area contributed by atoms with Crippen molar-refractivity contribution in [1.29, 1.82) is 0 Å². The maximum absolute atomic E-state index is 11.7. The first kappa shape index (κ1) is 14.5. The van der Waals surface area contributed by atoms with Gasteiger partial charge < -0.3 is 10.2 Å². The first-order chi connectivity index (χ1) is 8.19. The van der Waals surface area contributed by atoms with Gasteiger partial charge in [-0.15, -0.1) is 0 Å². The van der Waals surface area contributed by atoms with E-state index in [-0.39, 0.29) is 11.2 Å². The molecule has 0 aromatic rings. The van der Waals surface area contributed by atoms with Gasteiger partial charge in [0.25, 0.3) is 0 Å². The molecule has 0 heterocycles. The van der Waals surface area contributed by atoms with Crippen LogP contribution in [0.3, 0.4) is 0 Å². The second kappa shape index (κ2) is 4.99. The van der Waals surface area contributed by atoms with E-state index in [2.05, 4.69) is 11.8 Å². The molecule has 98 valence electrons. The highest BCUT2D eigenvalue weighted by Gasteiger charge is 2.31. The van der Waals surface area contributed by atoms with Crippen molar-refractivity contribution in [1.82, 2.24) is 0 Å². The van der Waals surface area contributed by atoms with E-state index in [9.17, 15) is 9.90 Å². The second-order valence-electron chi connectivity index (χ2n) is 5.52. The highest BCUT2D eigenvalue weighted by molar-refractivity contribution is 5.97. The fourth-order valence-electron chi connectivity index (χ4n) is 2.02. The number of hydrogen-bond donors (Lipinski definition) is 2. The second-order valence-corrected chi connectivity index (χ2v) is 5.52. The summed E-state index contributed by atoms with van der Waals surface area (Å²) in [5, 5.41) is 18.5. The number of carbonyl (C=O) groups is 1. The van der Waals surface area contributed by atoms with Gasteiger partial charge in [-0.05, 0) is 31.8 Å². The Bertz CT molecular complexity index is 468. The minimum atomic E-state index is -1.39. The number of hydrogen-bond acceptors (Lipinski definition) is 3. The van der Waals surface area contributed by atoms with Crippen LogP contribution in [0.25, 0.3) is 0 Å². The highest BCUT2D eigenvalue weighted by atomic mass is 16.3. The summed E-state index contributed by atoms with van der Waals surface area (Å²) >= 11 is 0. The largest absolute Gasteiger partial charge is 0.516 e. The molecule has 0 aromatic carbocycles. The van der Waals surface area contributed by atoms with E-state index in [1.807, 2.05) is 13.8 Å². The lowest BCUT2D eigenvalue weighted by Gasteiger charge is -2.30. The van der Waals surface area contributed by atoms with Gasteiger partial charge in [-0.2, -0.15) is 0 Å². The van der Waals surface area contributed by atoms with Crippen molar-refractivity contribution < 1.29 is 15.0 Å². The molecule has 0 radical (unpaired) electrons. The molecule has 3 heteroatoms. The van der Waals surface area contributed by atoms with Crippen LogP contribution >= 0.6 is 0 Å². The van der Waals surface area contributed by atoms with E-state index in [1.165, 1.54) is 13.0 Å². The van der Waals surface area contributed by atoms with Crippen LogP contribution in [-0.4, -0.2) is 21.6 Å². The lowest BCUT2D eigenvalue weighted by molar-refractivity contribution is -0.116. The Morgan fingerprint density at radius 3 is 2.61 bits per heavy atom. The van der Waals surface area contributed by atoms with Crippen LogP contribution in [0.5, 0.6) is 0 Å². The van der Waals surface area contributed by atoms with Crippen molar-refractivity contribution >= 4 is 5.78 Å². The van der Waals surface area contributed by atoms with Crippen LogP contribution in [0, 0.1) is 17.3 Å². The molecule has 1 aliphatic carbocycles. The monoisotopic (exact) mass is 248 g/mol. The van der Waals surface area contributed by atoms with Gasteiger partial charge in [0.05, 0.1) is 6.26 Å². The molecule has 0 amide bonds. The van der Waals surface area contributed by atoms with Crippen molar-refractivity contribution in [3.63, 3.8) is 0 Å². The molecule has 1 unspecified atom stereocenters. The average molecular weight is 248 g/mol. The van der Waals surface area contributed by atoms with Crippen LogP contribution in [0.1, 0.15) is 40.5 Å². The number of Topliss-reactive ketones (excluding diaryl/α,β-unsaturated/α-hetero) is 1. The minimum Gasteiger partial charge on any atom is -0.516 e. The third-order valence-corrected chi connectivity index (χ3v) is 3.29. The first-order valence-corrected chi connectivity index (χ1v) is 6.02. The van der Waals surface area contributed by atoms with Gasteiger partial charge in [0.2, 0.25) is 0 Å². The fourth-order valence-corrected chi connectivity index (χ4v) is 2.02. The Kier molecular flexibility index (Phi) is 4.03. The van der Waals surface area contributed by atoms with Crippen molar-refractivity contribution in [2.75, 3.05) is 0 Å². The Morgan fingerprint density at radius 2 is 2.06 bits per heavy atom. The van der Waals surface area contributed by atoms with E-state index < -0.39 is 5.60 Å². The lowest BCUT2D eigenvalue weighted by atomic mass is 9.72. The van der Waals surface area contributed by atoms with Gasteiger partial charge in [-0.25, -0.2) is 0 Å². The third-order valence-electron chi connectivity index (χ3n) is 3.29. The molecule has 0 saturated heterocycles.